The lowest BCUT2D eigenvalue weighted by Crippen LogP contribution is -2.58. The fourth-order valence-electron chi connectivity index (χ4n) is 8.21. The molecule has 7 atom stereocenters. The molecule has 0 aromatic heterocycles. The molecule has 3 aromatic rings. The van der Waals surface area contributed by atoms with Gasteiger partial charge in [0.2, 0.25) is 11.8 Å². The summed E-state index contributed by atoms with van der Waals surface area (Å²) in [6.45, 7) is 12.2. The smallest absolute Gasteiger partial charge is 0.251 e. The molecule has 3 unspecified atom stereocenters. The number of anilines is 2. The molecular weight excluding hydrogens is 750 g/mol. The first-order valence-corrected chi connectivity index (χ1v) is 19.4. The molecule has 2 bridgehead atoms. The number of para-hydroxylation sites is 1. The standard InChI is InChI=1S/C40H43BrClN3O5S/c1-5-20-43(27-16-18-29(19-17-27)50-7-3)37(47)32-33-38(48)45(28(24-46)22-26-13-9-8-10-14-26)36(40(33)23-30(41)35(32)51-40)39(49)44(21-6-2)34-25(4)12-11-15-31(34)42/h5-6,8-19,28,30,32-33,35-36,46H,1-2,7,20-24H2,3-4H3/t28-,30?,32-,33+,35-,36?,40?/m1/s1. The van der Waals surface area contributed by atoms with E-state index in [0.29, 0.717) is 41.6 Å². The van der Waals surface area contributed by atoms with Crippen LogP contribution in [0.25, 0.3) is 0 Å². The van der Waals surface area contributed by atoms with E-state index in [4.69, 9.17) is 16.3 Å². The molecule has 8 nitrogen and oxygen atoms in total. The van der Waals surface area contributed by atoms with Gasteiger partial charge < -0.3 is 24.5 Å². The first-order valence-electron chi connectivity index (χ1n) is 17.2. The van der Waals surface area contributed by atoms with E-state index in [-0.39, 0.29) is 47.5 Å². The molecule has 3 aromatic carbocycles. The number of aliphatic hydroxyl groups excluding tert-OH is 1. The highest BCUT2D eigenvalue weighted by Gasteiger charge is 2.76. The highest BCUT2D eigenvalue weighted by molar-refractivity contribution is 9.09. The van der Waals surface area contributed by atoms with Gasteiger partial charge in [-0.2, -0.15) is 0 Å². The first-order chi connectivity index (χ1) is 24.6. The number of likely N-dealkylation sites (tertiary alicyclic amines) is 1. The predicted molar refractivity (Wildman–Crippen MR) is 209 cm³/mol. The Morgan fingerprint density at radius 1 is 1.06 bits per heavy atom. The normalized spacial score (nSPS) is 25.3. The zero-order valence-electron chi connectivity index (χ0n) is 28.8. The summed E-state index contributed by atoms with van der Waals surface area (Å²) in [6.07, 6.45) is 4.15. The van der Waals surface area contributed by atoms with E-state index in [1.54, 1.807) is 44.7 Å². The second-order valence-corrected chi connectivity index (χ2v) is 16.4. The zero-order valence-corrected chi connectivity index (χ0v) is 31.9. The minimum atomic E-state index is -0.988. The van der Waals surface area contributed by atoms with Crippen molar-refractivity contribution in [2.24, 2.45) is 11.8 Å². The minimum absolute atomic E-state index is 0.140. The van der Waals surface area contributed by atoms with E-state index in [1.807, 2.05) is 80.6 Å². The van der Waals surface area contributed by atoms with Gasteiger partial charge in [-0.1, -0.05) is 82.1 Å². The molecule has 51 heavy (non-hydrogen) atoms. The van der Waals surface area contributed by atoms with Gasteiger partial charge in [-0.3, -0.25) is 14.4 Å². The highest BCUT2D eigenvalue weighted by Crippen LogP contribution is 2.68. The van der Waals surface area contributed by atoms with Crippen molar-refractivity contribution >= 4 is 68.4 Å². The number of alkyl halides is 1. The summed E-state index contributed by atoms with van der Waals surface area (Å²) in [6, 6.07) is 20.7. The van der Waals surface area contributed by atoms with Crippen LogP contribution >= 0.6 is 39.3 Å². The lowest BCUT2D eigenvalue weighted by atomic mass is 9.70. The predicted octanol–water partition coefficient (Wildman–Crippen LogP) is 6.85. The van der Waals surface area contributed by atoms with Crippen molar-refractivity contribution < 1.29 is 24.2 Å². The van der Waals surface area contributed by atoms with Crippen LogP contribution < -0.4 is 14.5 Å². The molecule has 3 aliphatic heterocycles. The monoisotopic (exact) mass is 791 g/mol. The second-order valence-electron chi connectivity index (χ2n) is 13.2. The van der Waals surface area contributed by atoms with E-state index >= 15 is 9.59 Å². The Balaban J connectivity index is 1.47. The summed E-state index contributed by atoms with van der Waals surface area (Å²) in [7, 11) is 0. The molecule has 3 aliphatic rings. The van der Waals surface area contributed by atoms with Crippen LogP contribution in [0.5, 0.6) is 5.75 Å². The van der Waals surface area contributed by atoms with Gasteiger partial charge in [-0.15, -0.1) is 24.9 Å². The number of amides is 3. The van der Waals surface area contributed by atoms with Gasteiger partial charge in [0.25, 0.3) is 5.91 Å². The summed E-state index contributed by atoms with van der Waals surface area (Å²) in [4.78, 5) is 50.1. The molecule has 3 heterocycles. The third kappa shape index (κ3) is 6.65. The van der Waals surface area contributed by atoms with Gasteiger partial charge in [0, 0.05) is 28.9 Å². The number of nitrogens with zero attached hydrogens (tertiary/aromatic N) is 3. The van der Waals surface area contributed by atoms with E-state index in [0.717, 1.165) is 11.1 Å². The molecule has 3 amide bonds. The van der Waals surface area contributed by atoms with E-state index in [1.165, 1.54) is 0 Å². The van der Waals surface area contributed by atoms with Crippen molar-refractivity contribution in [3.63, 3.8) is 0 Å². The van der Waals surface area contributed by atoms with Crippen molar-refractivity contribution in [2.75, 3.05) is 36.1 Å². The van der Waals surface area contributed by atoms with Crippen molar-refractivity contribution in [2.45, 2.75) is 53.6 Å². The Bertz CT molecular complexity index is 1770. The van der Waals surface area contributed by atoms with Crippen molar-refractivity contribution in [3.05, 3.63) is 114 Å². The number of hydrogen-bond donors (Lipinski definition) is 1. The van der Waals surface area contributed by atoms with Gasteiger partial charge in [-0.25, -0.2) is 0 Å². The summed E-state index contributed by atoms with van der Waals surface area (Å²) in [5.74, 6) is -1.67. The third-order valence-electron chi connectivity index (χ3n) is 10.2. The number of carbonyl (C=O) groups is 3. The summed E-state index contributed by atoms with van der Waals surface area (Å²) in [5.41, 5.74) is 2.93. The van der Waals surface area contributed by atoms with Crippen molar-refractivity contribution in [1.82, 2.24) is 4.90 Å². The number of rotatable bonds is 14. The van der Waals surface area contributed by atoms with Crippen LogP contribution in [-0.2, 0) is 20.8 Å². The summed E-state index contributed by atoms with van der Waals surface area (Å²) < 4.78 is 4.68. The zero-order chi connectivity index (χ0) is 36.4. The Hall–Kier alpha value is -3.57. The molecule has 268 valence electrons. The fourth-order valence-corrected chi connectivity index (χ4v) is 12.1. The maximum absolute atomic E-state index is 15.3. The quantitative estimate of drug-likeness (QED) is 0.142. The van der Waals surface area contributed by atoms with Crippen LogP contribution in [0.3, 0.4) is 0 Å². The molecule has 0 aliphatic carbocycles. The van der Waals surface area contributed by atoms with Crippen LogP contribution in [0, 0.1) is 18.8 Å². The summed E-state index contributed by atoms with van der Waals surface area (Å²) in [5, 5.41) is 11.1. The van der Waals surface area contributed by atoms with Crippen LogP contribution in [0.2, 0.25) is 5.02 Å². The number of halogens is 2. The van der Waals surface area contributed by atoms with Gasteiger partial charge >= 0.3 is 0 Å². The molecule has 1 spiro atoms. The van der Waals surface area contributed by atoms with Gasteiger partial charge in [0.1, 0.15) is 11.8 Å². The number of ether oxygens (including phenoxy) is 1. The number of benzene rings is 3. The molecule has 0 saturated carbocycles. The van der Waals surface area contributed by atoms with E-state index in [9.17, 15) is 9.90 Å². The molecule has 0 radical (unpaired) electrons. The van der Waals surface area contributed by atoms with Crippen molar-refractivity contribution in [1.29, 1.82) is 0 Å². The molecule has 11 heteroatoms. The highest BCUT2D eigenvalue weighted by atomic mass is 79.9. The molecule has 3 fully saturated rings. The Morgan fingerprint density at radius 3 is 2.37 bits per heavy atom. The maximum atomic E-state index is 15.3. The SMILES string of the molecule is C=CCN(C(=O)[C@H]1[C@@H]2SC3(CC2Br)C(C(=O)N(CC=C)c2c(C)cccc2Cl)N([C@@H](CO)Cc2ccccc2)C(=O)[C@H]13)c1ccc(OCC)cc1. The third-order valence-corrected chi connectivity index (χ3v) is 13.8. The Labute approximate surface area is 317 Å². The molecule has 1 N–H and O–H groups in total. The van der Waals surface area contributed by atoms with Crippen LogP contribution in [-0.4, -0.2) is 80.9 Å². The number of aliphatic hydroxyl groups is 1. The van der Waals surface area contributed by atoms with Crippen LogP contribution in [0.1, 0.15) is 24.5 Å². The van der Waals surface area contributed by atoms with Crippen molar-refractivity contribution in [3.8, 4) is 5.75 Å². The molecule has 3 saturated heterocycles. The minimum Gasteiger partial charge on any atom is -0.494 e. The largest absolute Gasteiger partial charge is 0.494 e. The average molecular weight is 793 g/mol. The Morgan fingerprint density at radius 2 is 1.75 bits per heavy atom. The number of hydrogen-bond acceptors (Lipinski definition) is 6. The van der Waals surface area contributed by atoms with Gasteiger partial charge in [0.05, 0.1) is 46.5 Å². The van der Waals surface area contributed by atoms with Crippen LogP contribution in [0.15, 0.2) is 98.1 Å². The van der Waals surface area contributed by atoms with E-state index in [2.05, 4.69) is 29.1 Å². The number of thioether (sulfide) groups is 1. The number of carbonyl (C=O) groups excluding carboxylic acids is 3. The fraction of sp³-hybridized carbons (Fsp3) is 0.375. The van der Waals surface area contributed by atoms with Gasteiger partial charge in [0.15, 0.2) is 0 Å². The summed E-state index contributed by atoms with van der Waals surface area (Å²) >= 11 is 12.2. The van der Waals surface area contributed by atoms with E-state index < -0.39 is 28.7 Å². The maximum Gasteiger partial charge on any atom is 0.251 e. The lowest BCUT2D eigenvalue weighted by Gasteiger charge is -2.40. The first kappa shape index (κ1) is 37.2. The second kappa shape index (κ2) is 15.6. The molecule has 6 rings (SSSR count). The topological polar surface area (TPSA) is 90.4 Å². The van der Waals surface area contributed by atoms with Gasteiger partial charge in [-0.05, 0) is 68.1 Å². The Kier molecular flexibility index (Phi) is 11.4. The average Bonchev–Trinajstić information content (AvgIpc) is 3.72. The molecular formula is C40H43BrClN3O5S. The number of fused-ring (bicyclic) bond motifs is 1. The van der Waals surface area contributed by atoms with Crippen LogP contribution in [0.4, 0.5) is 11.4 Å². The number of aryl methyl sites for hydroxylation is 1. The lowest BCUT2D eigenvalue weighted by molar-refractivity contribution is -0.141.